The van der Waals surface area contributed by atoms with Gasteiger partial charge >= 0.3 is 0 Å². The molecule has 5 heteroatoms. The summed E-state index contributed by atoms with van der Waals surface area (Å²) in [4.78, 5) is 0. The molecule has 1 atom stereocenters. The highest BCUT2D eigenvalue weighted by atomic mass is 32.2. The first-order valence-electron chi connectivity index (χ1n) is 5.52. The zero-order chi connectivity index (χ0) is 12.0. The lowest BCUT2D eigenvalue weighted by Gasteiger charge is -2.10. The van der Waals surface area contributed by atoms with E-state index in [0.717, 1.165) is 5.76 Å². The van der Waals surface area contributed by atoms with Gasteiger partial charge in [-0.2, -0.15) is 0 Å². The van der Waals surface area contributed by atoms with Gasteiger partial charge in [0.05, 0.1) is 18.1 Å². The van der Waals surface area contributed by atoms with Gasteiger partial charge in [0.15, 0.2) is 0 Å². The van der Waals surface area contributed by atoms with Gasteiger partial charge < -0.3 is 9.73 Å². The summed E-state index contributed by atoms with van der Waals surface area (Å²) in [7, 11) is -2.83. The summed E-state index contributed by atoms with van der Waals surface area (Å²) in [5, 5.41) is 3.22. The van der Waals surface area contributed by atoms with Crippen LogP contribution in [-0.2, 0) is 9.84 Å². The van der Waals surface area contributed by atoms with E-state index in [0.29, 0.717) is 13.0 Å². The van der Waals surface area contributed by atoms with Crippen molar-refractivity contribution in [1.82, 2.24) is 5.32 Å². The third kappa shape index (κ3) is 4.37. The molecule has 0 amide bonds. The van der Waals surface area contributed by atoms with Crippen molar-refractivity contribution in [1.29, 1.82) is 0 Å². The molecule has 0 unspecified atom stereocenters. The summed E-state index contributed by atoms with van der Waals surface area (Å²) in [6.45, 7) is 4.35. The van der Waals surface area contributed by atoms with Crippen molar-refractivity contribution in [3.8, 4) is 0 Å². The average Bonchev–Trinajstić information content (AvgIpc) is 2.77. The molecule has 4 nitrogen and oxygen atoms in total. The fraction of sp³-hybridized carbons (Fsp3) is 0.636. The average molecular weight is 245 g/mol. The molecule has 16 heavy (non-hydrogen) atoms. The molecule has 1 rings (SSSR count). The Bertz CT molecular complexity index is 383. The van der Waals surface area contributed by atoms with E-state index in [1.807, 2.05) is 19.1 Å². The number of nitrogens with one attached hydrogen (secondary N) is 1. The van der Waals surface area contributed by atoms with Crippen LogP contribution >= 0.6 is 0 Å². The molecule has 92 valence electrons. The maximum atomic E-state index is 11.2. The van der Waals surface area contributed by atoms with E-state index in [4.69, 9.17) is 4.42 Å². The van der Waals surface area contributed by atoms with Crippen molar-refractivity contribution in [3.05, 3.63) is 24.2 Å². The molecule has 1 aromatic heterocycles. The lowest BCUT2D eigenvalue weighted by atomic mass is 10.2. The fourth-order valence-corrected chi connectivity index (χ4v) is 2.27. The molecule has 0 aliphatic rings. The number of rotatable bonds is 7. The molecule has 0 fully saturated rings. The highest BCUT2D eigenvalue weighted by Crippen LogP contribution is 2.11. The Hall–Kier alpha value is -0.810. The van der Waals surface area contributed by atoms with Crippen LogP contribution in [0, 0.1) is 0 Å². The van der Waals surface area contributed by atoms with Crippen LogP contribution in [0.25, 0.3) is 0 Å². The molecular weight excluding hydrogens is 226 g/mol. The minimum Gasteiger partial charge on any atom is -0.468 e. The van der Waals surface area contributed by atoms with Gasteiger partial charge in [0.1, 0.15) is 15.6 Å². The van der Waals surface area contributed by atoms with Gasteiger partial charge in [-0.1, -0.05) is 6.92 Å². The van der Waals surface area contributed by atoms with E-state index in [2.05, 4.69) is 5.32 Å². The van der Waals surface area contributed by atoms with Crippen LogP contribution in [0.1, 0.15) is 32.1 Å². The van der Waals surface area contributed by atoms with Crippen molar-refractivity contribution in [2.75, 3.05) is 18.1 Å². The van der Waals surface area contributed by atoms with Crippen LogP contribution in [0.4, 0.5) is 0 Å². The van der Waals surface area contributed by atoms with E-state index >= 15 is 0 Å². The molecule has 0 aliphatic carbocycles. The first kappa shape index (κ1) is 13.3. The number of hydrogen-bond donors (Lipinski definition) is 1. The predicted molar refractivity (Wildman–Crippen MR) is 64.1 cm³/mol. The number of sulfone groups is 1. The van der Waals surface area contributed by atoms with E-state index in [-0.39, 0.29) is 17.5 Å². The molecule has 1 aromatic rings. The maximum Gasteiger partial charge on any atom is 0.150 e. The Morgan fingerprint density at radius 2 is 2.25 bits per heavy atom. The first-order valence-corrected chi connectivity index (χ1v) is 7.34. The second kappa shape index (κ2) is 6.06. The smallest absolute Gasteiger partial charge is 0.150 e. The minimum atomic E-state index is -2.83. The quantitative estimate of drug-likeness (QED) is 0.744. The molecule has 0 bridgehead atoms. The van der Waals surface area contributed by atoms with E-state index in [9.17, 15) is 8.42 Å². The summed E-state index contributed by atoms with van der Waals surface area (Å²) in [6.07, 6.45) is 2.27. The highest BCUT2D eigenvalue weighted by molar-refractivity contribution is 7.91. The normalized spacial score (nSPS) is 13.9. The Morgan fingerprint density at radius 3 is 2.81 bits per heavy atom. The molecule has 1 heterocycles. The Labute approximate surface area is 97.0 Å². The van der Waals surface area contributed by atoms with E-state index in [1.54, 1.807) is 13.2 Å². The highest BCUT2D eigenvalue weighted by Gasteiger charge is 2.09. The largest absolute Gasteiger partial charge is 0.468 e. The van der Waals surface area contributed by atoms with Crippen molar-refractivity contribution in [2.45, 2.75) is 26.3 Å². The minimum absolute atomic E-state index is 0.124. The monoisotopic (exact) mass is 245 g/mol. The lowest BCUT2D eigenvalue weighted by Crippen LogP contribution is -2.22. The van der Waals surface area contributed by atoms with Crippen molar-refractivity contribution >= 4 is 9.84 Å². The van der Waals surface area contributed by atoms with Crippen molar-refractivity contribution in [3.63, 3.8) is 0 Å². The molecule has 1 N–H and O–H groups in total. The SMILES string of the molecule is CCS(=O)(=O)CCCN[C@H](C)c1ccco1. The van der Waals surface area contributed by atoms with E-state index < -0.39 is 9.84 Å². The second-order valence-electron chi connectivity index (χ2n) is 3.78. The summed E-state index contributed by atoms with van der Waals surface area (Å²) in [5.41, 5.74) is 0. The first-order chi connectivity index (χ1) is 7.55. The fourth-order valence-electron chi connectivity index (χ4n) is 1.39. The molecular formula is C11H19NO3S. The molecule has 0 saturated heterocycles. The van der Waals surface area contributed by atoms with Gasteiger partial charge in [-0.15, -0.1) is 0 Å². The third-order valence-electron chi connectivity index (χ3n) is 2.49. The van der Waals surface area contributed by atoms with Crippen molar-refractivity contribution < 1.29 is 12.8 Å². The standard InChI is InChI=1S/C11H19NO3S/c1-3-16(13,14)9-5-7-12-10(2)11-6-4-8-15-11/h4,6,8,10,12H,3,5,7,9H2,1-2H3/t10-/m1/s1. The number of hydrogen-bond acceptors (Lipinski definition) is 4. The second-order valence-corrected chi connectivity index (χ2v) is 6.25. The van der Waals surface area contributed by atoms with Crippen LogP contribution in [0.5, 0.6) is 0 Å². The number of furan rings is 1. The van der Waals surface area contributed by atoms with Crippen LogP contribution in [0.2, 0.25) is 0 Å². The zero-order valence-corrected chi connectivity index (χ0v) is 10.6. The summed E-state index contributed by atoms with van der Waals surface area (Å²) in [5.74, 6) is 1.35. The Kier molecular flexibility index (Phi) is 5.02. The van der Waals surface area contributed by atoms with Crippen LogP contribution in [0.15, 0.2) is 22.8 Å². The molecule has 0 saturated carbocycles. The summed E-state index contributed by atoms with van der Waals surface area (Å²) in [6, 6.07) is 3.87. The third-order valence-corrected chi connectivity index (χ3v) is 4.28. The van der Waals surface area contributed by atoms with Crippen LogP contribution in [-0.4, -0.2) is 26.5 Å². The van der Waals surface area contributed by atoms with Crippen LogP contribution < -0.4 is 5.32 Å². The Balaban J connectivity index is 2.22. The van der Waals surface area contributed by atoms with Gasteiger partial charge in [-0.25, -0.2) is 8.42 Å². The maximum absolute atomic E-state index is 11.2. The van der Waals surface area contributed by atoms with Gasteiger partial charge in [0, 0.05) is 5.75 Å². The van der Waals surface area contributed by atoms with Gasteiger partial charge in [-0.3, -0.25) is 0 Å². The Morgan fingerprint density at radius 1 is 1.50 bits per heavy atom. The van der Waals surface area contributed by atoms with Crippen molar-refractivity contribution in [2.24, 2.45) is 0 Å². The molecule has 0 aromatic carbocycles. The van der Waals surface area contributed by atoms with E-state index in [1.165, 1.54) is 0 Å². The van der Waals surface area contributed by atoms with Gasteiger partial charge in [0.25, 0.3) is 0 Å². The van der Waals surface area contributed by atoms with Gasteiger partial charge in [0.2, 0.25) is 0 Å². The lowest BCUT2D eigenvalue weighted by molar-refractivity contribution is 0.431. The zero-order valence-electron chi connectivity index (χ0n) is 9.77. The summed E-state index contributed by atoms with van der Waals surface area (Å²) < 4.78 is 27.7. The molecule has 0 radical (unpaired) electrons. The topological polar surface area (TPSA) is 59.3 Å². The predicted octanol–water partition coefficient (Wildman–Crippen LogP) is 1.76. The summed E-state index contributed by atoms with van der Waals surface area (Å²) >= 11 is 0. The molecule has 0 spiro atoms. The van der Waals surface area contributed by atoms with Crippen LogP contribution in [0.3, 0.4) is 0 Å². The molecule has 0 aliphatic heterocycles. The van der Waals surface area contributed by atoms with Gasteiger partial charge in [-0.05, 0) is 32.0 Å².